The number of nitrogens with zero attached hydrogens (tertiary/aromatic N) is 5. The lowest BCUT2D eigenvalue weighted by atomic mass is 9.64. The van der Waals surface area contributed by atoms with E-state index in [2.05, 4.69) is 41.1 Å². The van der Waals surface area contributed by atoms with Crippen LogP contribution in [0.5, 0.6) is 0 Å². The number of halogens is 2. The molecule has 174 valence electrons. The molecule has 1 amide bonds. The van der Waals surface area contributed by atoms with Crippen molar-refractivity contribution in [3.05, 3.63) is 58.9 Å². The quantitative estimate of drug-likeness (QED) is 0.556. The van der Waals surface area contributed by atoms with Crippen molar-refractivity contribution >= 4 is 5.91 Å². The first-order valence-electron chi connectivity index (χ1n) is 10.9. The zero-order chi connectivity index (χ0) is 24.1. The Kier molecular flexibility index (Phi) is 5.54. The second kappa shape index (κ2) is 7.97. The normalized spacial score (nSPS) is 21.2. The van der Waals surface area contributed by atoms with Crippen LogP contribution < -0.4 is 0 Å². The maximum absolute atomic E-state index is 14.4. The number of aromatic nitrogens is 4. The number of benzene rings is 1. The number of hydrogen-bond acceptors (Lipinski definition) is 6. The predicted octanol–water partition coefficient (Wildman–Crippen LogP) is 4.68. The van der Waals surface area contributed by atoms with Gasteiger partial charge in [-0.25, -0.2) is 8.78 Å². The molecule has 0 spiro atoms. The van der Waals surface area contributed by atoms with Gasteiger partial charge in [0.1, 0.15) is 11.6 Å². The van der Waals surface area contributed by atoms with Crippen LogP contribution in [0.3, 0.4) is 0 Å². The molecule has 0 bridgehead atoms. The van der Waals surface area contributed by atoms with Crippen molar-refractivity contribution in [2.24, 2.45) is 5.41 Å². The van der Waals surface area contributed by atoms with Crippen LogP contribution in [-0.2, 0) is 5.41 Å². The predicted molar refractivity (Wildman–Crippen MR) is 118 cm³/mol. The first-order chi connectivity index (χ1) is 15.5. The lowest BCUT2D eigenvalue weighted by molar-refractivity contribution is 0.0577. The number of likely N-dealkylation sites (N-methyl/N-ethyl adjacent to an activating group) is 1. The molecule has 0 saturated carbocycles. The SMILES string of the molecule is CCN(C[C@@]1(C)c2nnc(-c3c(F)cccc3F)cc2[C@H](C)C1(C)C)C(=O)c1nc(C)no1. The fraction of sp³-hybridized carbons (Fsp3) is 0.458. The monoisotopic (exact) mass is 455 g/mol. The summed E-state index contributed by atoms with van der Waals surface area (Å²) in [6.45, 7) is 12.6. The third-order valence-corrected chi connectivity index (χ3v) is 7.42. The molecule has 1 aliphatic carbocycles. The number of aryl methyl sites for hydroxylation is 1. The molecule has 9 heteroatoms. The Balaban J connectivity index is 1.76. The Labute approximate surface area is 191 Å². The van der Waals surface area contributed by atoms with Gasteiger partial charge in [-0.05, 0) is 48.9 Å². The van der Waals surface area contributed by atoms with E-state index in [1.807, 2.05) is 13.8 Å². The molecule has 2 atom stereocenters. The Hall–Kier alpha value is -3.23. The minimum Gasteiger partial charge on any atom is -0.334 e. The number of carbonyl (C=O) groups is 1. The van der Waals surface area contributed by atoms with Gasteiger partial charge >= 0.3 is 11.8 Å². The largest absolute Gasteiger partial charge is 0.334 e. The van der Waals surface area contributed by atoms with Crippen molar-refractivity contribution in [3.8, 4) is 11.3 Å². The Morgan fingerprint density at radius 2 is 1.85 bits per heavy atom. The van der Waals surface area contributed by atoms with E-state index < -0.39 is 17.0 Å². The highest BCUT2D eigenvalue weighted by Crippen LogP contribution is 2.58. The lowest BCUT2D eigenvalue weighted by Crippen LogP contribution is -2.49. The van der Waals surface area contributed by atoms with Crippen LogP contribution in [0.1, 0.15) is 68.3 Å². The third kappa shape index (κ3) is 3.50. The summed E-state index contributed by atoms with van der Waals surface area (Å²) in [6.07, 6.45) is 0. The van der Waals surface area contributed by atoms with Crippen LogP contribution in [0.15, 0.2) is 28.8 Å². The smallest absolute Gasteiger partial charge is 0.316 e. The summed E-state index contributed by atoms with van der Waals surface area (Å²) in [4.78, 5) is 18.8. The zero-order valence-electron chi connectivity index (χ0n) is 19.6. The lowest BCUT2D eigenvalue weighted by Gasteiger charge is -2.43. The van der Waals surface area contributed by atoms with Gasteiger partial charge in [0.25, 0.3) is 0 Å². The number of fused-ring (bicyclic) bond motifs is 1. The second-order valence-corrected chi connectivity index (χ2v) is 9.37. The molecule has 0 unspecified atom stereocenters. The highest BCUT2D eigenvalue weighted by Gasteiger charge is 2.56. The minimum absolute atomic E-state index is 0.000965. The molecule has 33 heavy (non-hydrogen) atoms. The standard InChI is InChI=1S/C24H27F2N5O2/c1-7-31(22(32)21-27-14(3)30-33-21)12-24(6)20-15(13(2)23(24,4)5)11-18(28-29-20)19-16(25)9-8-10-17(19)26/h8-11,13H,7,12H2,1-6H3/t13-,24-/m0/s1. The summed E-state index contributed by atoms with van der Waals surface area (Å²) in [6, 6.07) is 5.45. The fourth-order valence-corrected chi connectivity index (χ4v) is 4.71. The van der Waals surface area contributed by atoms with Gasteiger partial charge in [-0.1, -0.05) is 38.9 Å². The molecule has 2 aromatic heterocycles. The van der Waals surface area contributed by atoms with Crippen molar-refractivity contribution in [1.82, 2.24) is 25.2 Å². The number of amides is 1. The molecule has 0 N–H and O–H groups in total. The molecular weight excluding hydrogens is 428 g/mol. The maximum Gasteiger partial charge on any atom is 0.316 e. The molecule has 0 aliphatic heterocycles. The average Bonchev–Trinajstić information content (AvgIpc) is 3.27. The number of hydrogen-bond donors (Lipinski definition) is 0. The summed E-state index contributed by atoms with van der Waals surface area (Å²) >= 11 is 0. The summed E-state index contributed by atoms with van der Waals surface area (Å²) in [5, 5.41) is 12.4. The number of rotatable bonds is 5. The first kappa shape index (κ1) is 22.9. The molecule has 0 saturated heterocycles. The van der Waals surface area contributed by atoms with Gasteiger partial charge in [-0.15, -0.1) is 0 Å². The molecule has 4 rings (SSSR count). The highest BCUT2D eigenvalue weighted by atomic mass is 19.1. The summed E-state index contributed by atoms with van der Waals surface area (Å²) < 4.78 is 33.9. The van der Waals surface area contributed by atoms with E-state index in [-0.39, 0.29) is 34.4 Å². The number of carbonyl (C=O) groups excluding carboxylic acids is 1. The van der Waals surface area contributed by atoms with E-state index in [9.17, 15) is 13.6 Å². The van der Waals surface area contributed by atoms with Gasteiger partial charge in [0.15, 0.2) is 5.82 Å². The minimum atomic E-state index is -0.686. The van der Waals surface area contributed by atoms with E-state index in [0.717, 1.165) is 5.56 Å². The van der Waals surface area contributed by atoms with Gasteiger partial charge in [0.05, 0.1) is 17.0 Å². The van der Waals surface area contributed by atoms with Crippen LogP contribution >= 0.6 is 0 Å². The zero-order valence-corrected chi connectivity index (χ0v) is 19.6. The van der Waals surface area contributed by atoms with E-state index in [1.165, 1.54) is 18.2 Å². The van der Waals surface area contributed by atoms with Gasteiger partial charge < -0.3 is 9.42 Å². The Morgan fingerprint density at radius 1 is 1.18 bits per heavy atom. The fourth-order valence-electron chi connectivity index (χ4n) is 4.71. The molecule has 1 aliphatic rings. The first-order valence-corrected chi connectivity index (χ1v) is 10.9. The van der Waals surface area contributed by atoms with Crippen molar-refractivity contribution in [3.63, 3.8) is 0 Å². The molecule has 1 aromatic carbocycles. The van der Waals surface area contributed by atoms with Crippen molar-refractivity contribution in [2.45, 2.75) is 52.9 Å². The van der Waals surface area contributed by atoms with E-state index in [0.29, 0.717) is 24.6 Å². The summed E-state index contributed by atoms with van der Waals surface area (Å²) in [7, 11) is 0. The van der Waals surface area contributed by atoms with Crippen LogP contribution in [0.2, 0.25) is 0 Å². The van der Waals surface area contributed by atoms with Crippen molar-refractivity contribution < 1.29 is 18.1 Å². The van der Waals surface area contributed by atoms with E-state index >= 15 is 0 Å². The van der Waals surface area contributed by atoms with Gasteiger partial charge in [0, 0.05) is 18.5 Å². The van der Waals surface area contributed by atoms with Crippen LogP contribution in [0, 0.1) is 24.0 Å². The third-order valence-electron chi connectivity index (χ3n) is 7.42. The molecule has 2 heterocycles. The highest BCUT2D eigenvalue weighted by molar-refractivity contribution is 5.89. The van der Waals surface area contributed by atoms with Crippen molar-refractivity contribution in [2.75, 3.05) is 13.1 Å². The van der Waals surface area contributed by atoms with Gasteiger partial charge in [0.2, 0.25) is 0 Å². The summed E-state index contributed by atoms with van der Waals surface area (Å²) in [5.41, 5.74) is 0.627. The second-order valence-electron chi connectivity index (χ2n) is 9.37. The molecule has 3 aromatic rings. The van der Waals surface area contributed by atoms with E-state index in [4.69, 9.17) is 4.52 Å². The Morgan fingerprint density at radius 3 is 2.42 bits per heavy atom. The molecule has 0 fully saturated rings. The average molecular weight is 456 g/mol. The van der Waals surface area contributed by atoms with Crippen LogP contribution in [-0.4, -0.2) is 44.2 Å². The summed E-state index contributed by atoms with van der Waals surface area (Å²) in [5.74, 6) is -1.39. The van der Waals surface area contributed by atoms with Gasteiger partial charge in [-0.2, -0.15) is 15.2 Å². The molecule has 7 nitrogen and oxygen atoms in total. The van der Waals surface area contributed by atoms with Gasteiger partial charge in [-0.3, -0.25) is 4.79 Å². The molecule has 0 radical (unpaired) electrons. The maximum atomic E-state index is 14.4. The van der Waals surface area contributed by atoms with Crippen molar-refractivity contribution in [1.29, 1.82) is 0 Å². The molecular formula is C24H27F2N5O2. The van der Waals surface area contributed by atoms with E-state index in [1.54, 1.807) is 17.9 Å². The van der Waals surface area contributed by atoms with Crippen LogP contribution in [0.25, 0.3) is 11.3 Å². The topological polar surface area (TPSA) is 85.0 Å². The van der Waals surface area contributed by atoms with Crippen LogP contribution in [0.4, 0.5) is 8.78 Å². The Bertz CT molecular complexity index is 1210.